The second kappa shape index (κ2) is 1.94. The molecule has 0 aromatic rings. The summed E-state index contributed by atoms with van der Waals surface area (Å²) in [5, 5.41) is 0. The first-order valence-corrected chi connectivity index (χ1v) is 4.05. The van der Waals surface area contributed by atoms with Crippen LogP contribution in [-0.2, 0) is 4.79 Å². The molecule has 1 fully saturated rings. The van der Waals surface area contributed by atoms with Gasteiger partial charge >= 0.3 is 0 Å². The second-order valence-corrected chi connectivity index (χ2v) is 3.26. The minimum atomic E-state index is 0.378. The minimum absolute atomic E-state index is 0.378. The van der Waals surface area contributed by atoms with Gasteiger partial charge in [0.1, 0.15) is 5.78 Å². The average Bonchev–Trinajstić information content (AvgIpc) is 2.33. The molecule has 1 nitrogen and oxygen atoms in total. The minimum Gasteiger partial charge on any atom is -0.299 e. The van der Waals surface area contributed by atoms with Crippen LogP contribution in [0.15, 0.2) is 12.2 Å². The maximum Gasteiger partial charge on any atom is 0.140 e. The topological polar surface area (TPSA) is 17.1 Å². The normalized spacial score (nSPS) is 43.3. The fraction of sp³-hybridized carbons (Fsp3) is 0.667. The summed E-state index contributed by atoms with van der Waals surface area (Å²) in [5.74, 6) is 1.91. The fourth-order valence-electron chi connectivity index (χ4n) is 2.21. The molecule has 0 saturated heterocycles. The predicted octanol–water partition coefficient (Wildman–Crippen LogP) is 1.79. The van der Waals surface area contributed by atoms with E-state index < -0.39 is 0 Å². The zero-order chi connectivity index (χ0) is 7.14. The molecule has 0 aromatic heterocycles. The Balaban J connectivity index is 2.13. The summed E-state index contributed by atoms with van der Waals surface area (Å²) < 4.78 is 0. The Morgan fingerprint density at radius 2 is 2.50 bits per heavy atom. The van der Waals surface area contributed by atoms with Crippen molar-refractivity contribution >= 4 is 5.78 Å². The molecule has 0 spiro atoms. The number of Topliss-reactive ketones (excluding diaryl/α,β-unsaturated/α-hetero) is 1. The third-order valence-electron chi connectivity index (χ3n) is 2.85. The average molecular weight is 136 g/mol. The van der Waals surface area contributed by atoms with Crippen LogP contribution in [0.1, 0.15) is 19.8 Å². The van der Waals surface area contributed by atoms with E-state index in [0.717, 1.165) is 12.8 Å². The molecule has 1 heteroatoms. The molecule has 10 heavy (non-hydrogen) atoms. The van der Waals surface area contributed by atoms with Crippen LogP contribution < -0.4 is 0 Å². The third kappa shape index (κ3) is 0.556. The molecule has 54 valence electrons. The van der Waals surface area contributed by atoms with Gasteiger partial charge in [0.15, 0.2) is 0 Å². The first-order chi connectivity index (χ1) is 4.84. The first-order valence-electron chi connectivity index (χ1n) is 4.05. The van der Waals surface area contributed by atoms with E-state index in [1.807, 2.05) is 0 Å². The van der Waals surface area contributed by atoms with E-state index in [4.69, 9.17) is 0 Å². The zero-order valence-corrected chi connectivity index (χ0v) is 6.21. The van der Waals surface area contributed by atoms with Crippen molar-refractivity contribution in [1.82, 2.24) is 0 Å². The molecule has 0 aromatic carbocycles. The van der Waals surface area contributed by atoms with Crippen molar-refractivity contribution in [2.24, 2.45) is 17.8 Å². The first kappa shape index (κ1) is 6.14. The van der Waals surface area contributed by atoms with Gasteiger partial charge in [0.05, 0.1) is 0 Å². The van der Waals surface area contributed by atoms with Crippen molar-refractivity contribution < 1.29 is 4.79 Å². The van der Waals surface area contributed by atoms with Crippen molar-refractivity contribution in [3.05, 3.63) is 12.2 Å². The summed E-state index contributed by atoms with van der Waals surface area (Å²) in [6.07, 6.45) is 6.42. The highest BCUT2D eigenvalue weighted by atomic mass is 16.1. The highest BCUT2D eigenvalue weighted by Gasteiger charge is 2.47. The van der Waals surface area contributed by atoms with Crippen LogP contribution in [0, 0.1) is 17.8 Å². The van der Waals surface area contributed by atoms with E-state index in [0.29, 0.717) is 23.5 Å². The smallest absolute Gasteiger partial charge is 0.140 e. The number of carbonyl (C=O) groups is 1. The lowest BCUT2D eigenvalue weighted by Gasteiger charge is -2.37. The number of ketones is 1. The fourth-order valence-corrected chi connectivity index (χ4v) is 2.21. The Morgan fingerprint density at radius 3 is 3.20 bits per heavy atom. The lowest BCUT2D eigenvalue weighted by molar-refractivity contribution is -0.139. The number of allylic oxidation sites excluding steroid dienone is 2. The number of fused-ring (bicyclic) bond motifs is 1. The molecule has 0 radical (unpaired) electrons. The van der Waals surface area contributed by atoms with Gasteiger partial charge < -0.3 is 0 Å². The van der Waals surface area contributed by atoms with Crippen LogP contribution in [0.25, 0.3) is 0 Å². The van der Waals surface area contributed by atoms with Gasteiger partial charge in [0.25, 0.3) is 0 Å². The maximum absolute atomic E-state index is 11.2. The van der Waals surface area contributed by atoms with E-state index in [2.05, 4.69) is 19.1 Å². The molecule has 0 amide bonds. The van der Waals surface area contributed by atoms with E-state index in [-0.39, 0.29) is 0 Å². The van der Waals surface area contributed by atoms with Crippen molar-refractivity contribution in [3.63, 3.8) is 0 Å². The number of carbonyl (C=O) groups excluding carboxylic acids is 1. The quantitative estimate of drug-likeness (QED) is 0.502. The summed E-state index contributed by atoms with van der Waals surface area (Å²) >= 11 is 0. The van der Waals surface area contributed by atoms with Gasteiger partial charge in [-0.25, -0.2) is 0 Å². The second-order valence-electron chi connectivity index (χ2n) is 3.26. The molecule has 1 saturated carbocycles. The molecule has 0 N–H and O–H groups in total. The van der Waals surface area contributed by atoms with Crippen LogP contribution in [0.2, 0.25) is 0 Å². The Morgan fingerprint density at radius 1 is 1.70 bits per heavy atom. The highest BCUT2D eigenvalue weighted by molar-refractivity contribution is 5.91. The Hall–Kier alpha value is -0.590. The maximum atomic E-state index is 11.2. The van der Waals surface area contributed by atoms with E-state index >= 15 is 0 Å². The van der Waals surface area contributed by atoms with E-state index in [1.54, 1.807) is 0 Å². The SMILES string of the molecule is CC[C@@H]1C(=O)[C@H]2CC=C[C@@H]12. The number of hydrogen-bond acceptors (Lipinski definition) is 1. The summed E-state index contributed by atoms with van der Waals surface area (Å²) in [5.41, 5.74) is 0. The van der Waals surface area contributed by atoms with Gasteiger partial charge in [0, 0.05) is 11.8 Å². The van der Waals surface area contributed by atoms with Crippen LogP contribution >= 0.6 is 0 Å². The van der Waals surface area contributed by atoms with Gasteiger partial charge in [-0.05, 0) is 18.8 Å². The number of rotatable bonds is 1. The van der Waals surface area contributed by atoms with Gasteiger partial charge in [-0.2, -0.15) is 0 Å². The number of hydrogen-bond donors (Lipinski definition) is 0. The van der Waals surface area contributed by atoms with Crippen LogP contribution in [-0.4, -0.2) is 5.78 Å². The summed E-state index contributed by atoms with van der Waals surface area (Å²) in [4.78, 5) is 11.2. The third-order valence-corrected chi connectivity index (χ3v) is 2.85. The summed E-state index contributed by atoms with van der Waals surface area (Å²) in [7, 11) is 0. The van der Waals surface area contributed by atoms with Gasteiger partial charge in [0.2, 0.25) is 0 Å². The van der Waals surface area contributed by atoms with E-state index in [9.17, 15) is 4.79 Å². The Labute approximate surface area is 61.1 Å². The summed E-state index contributed by atoms with van der Waals surface area (Å²) in [6.45, 7) is 2.10. The van der Waals surface area contributed by atoms with Crippen LogP contribution in [0.4, 0.5) is 0 Å². The molecular weight excluding hydrogens is 124 g/mol. The molecule has 2 rings (SSSR count). The Bertz CT molecular complexity index is 193. The van der Waals surface area contributed by atoms with Crippen molar-refractivity contribution in [2.75, 3.05) is 0 Å². The van der Waals surface area contributed by atoms with Crippen molar-refractivity contribution in [2.45, 2.75) is 19.8 Å². The van der Waals surface area contributed by atoms with Crippen molar-refractivity contribution in [3.8, 4) is 0 Å². The lowest BCUT2D eigenvalue weighted by atomic mass is 9.64. The molecule has 3 atom stereocenters. The van der Waals surface area contributed by atoms with Gasteiger partial charge in [-0.3, -0.25) is 4.79 Å². The van der Waals surface area contributed by atoms with Gasteiger partial charge in [-0.15, -0.1) is 0 Å². The zero-order valence-electron chi connectivity index (χ0n) is 6.21. The predicted molar refractivity (Wildman–Crippen MR) is 39.5 cm³/mol. The standard InChI is InChI=1S/C9H12O/c1-2-6-7-4-3-5-8(7)9(6)10/h3-4,6-8H,2,5H2,1H3/t6-,7-,8-/m0/s1. The monoisotopic (exact) mass is 136 g/mol. The molecule has 0 aliphatic heterocycles. The highest BCUT2D eigenvalue weighted by Crippen LogP contribution is 2.45. The van der Waals surface area contributed by atoms with Gasteiger partial charge in [-0.1, -0.05) is 19.1 Å². The molecule has 2 aliphatic carbocycles. The lowest BCUT2D eigenvalue weighted by Crippen LogP contribution is -2.43. The molecule has 2 aliphatic rings. The van der Waals surface area contributed by atoms with Crippen molar-refractivity contribution in [1.29, 1.82) is 0 Å². The molecule has 0 bridgehead atoms. The van der Waals surface area contributed by atoms with Crippen LogP contribution in [0.3, 0.4) is 0 Å². The van der Waals surface area contributed by atoms with E-state index in [1.165, 1.54) is 0 Å². The largest absolute Gasteiger partial charge is 0.299 e. The molecule has 0 heterocycles. The molecule has 0 unspecified atom stereocenters. The summed E-state index contributed by atoms with van der Waals surface area (Å²) in [6, 6.07) is 0. The Kier molecular flexibility index (Phi) is 1.19. The van der Waals surface area contributed by atoms with Crippen LogP contribution in [0.5, 0.6) is 0 Å². The molecular formula is C9H12O.